The van der Waals surface area contributed by atoms with Crippen LogP contribution in [0.25, 0.3) is 0 Å². The van der Waals surface area contributed by atoms with Crippen molar-refractivity contribution >= 4 is 10.0 Å². The molecule has 0 saturated heterocycles. The summed E-state index contributed by atoms with van der Waals surface area (Å²) in [5.74, 6) is -0.876. The summed E-state index contributed by atoms with van der Waals surface area (Å²) in [5.41, 5.74) is -0.800. The second-order valence-electron chi connectivity index (χ2n) is 4.49. The Morgan fingerprint density at radius 1 is 1.32 bits per heavy atom. The fraction of sp³-hybridized carbons (Fsp3) is 0.500. The van der Waals surface area contributed by atoms with E-state index < -0.39 is 39.5 Å². The molecule has 0 aliphatic carbocycles. The average molecular weight is 291 g/mol. The molecule has 7 heteroatoms. The minimum atomic E-state index is -4.15. The van der Waals surface area contributed by atoms with E-state index in [9.17, 15) is 23.0 Å². The lowest BCUT2D eigenvalue weighted by Gasteiger charge is -2.29. The molecular formula is C12H18FNO4S. The SMILES string of the molecule is CCC(CO)(CO)NS(=O)(=O)c1cc(C)ccc1F. The van der Waals surface area contributed by atoms with Gasteiger partial charge in [0.2, 0.25) is 10.0 Å². The lowest BCUT2D eigenvalue weighted by Crippen LogP contribution is -2.53. The van der Waals surface area contributed by atoms with Crippen molar-refractivity contribution in [3.05, 3.63) is 29.6 Å². The van der Waals surface area contributed by atoms with Crippen LogP contribution >= 0.6 is 0 Å². The highest BCUT2D eigenvalue weighted by Gasteiger charge is 2.33. The molecule has 0 aliphatic heterocycles. The van der Waals surface area contributed by atoms with Gasteiger partial charge in [0.25, 0.3) is 0 Å². The van der Waals surface area contributed by atoms with Crippen molar-refractivity contribution in [2.24, 2.45) is 0 Å². The number of rotatable bonds is 6. The Bertz CT molecular complexity index is 532. The van der Waals surface area contributed by atoms with Gasteiger partial charge in [0.1, 0.15) is 10.7 Å². The predicted molar refractivity (Wildman–Crippen MR) is 68.7 cm³/mol. The average Bonchev–Trinajstić information content (AvgIpc) is 2.39. The Hall–Kier alpha value is -1.02. The number of halogens is 1. The molecule has 0 unspecified atom stereocenters. The Morgan fingerprint density at radius 2 is 1.89 bits per heavy atom. The first kappa shape index (κ1) is 16.0. The van der Waals surface area contributed by atoms with E-state index in [2.05, 4.69) is 4.72 Å². The standard InChI is InChI=1S/C12H18FNO4S/c1-3-12(7-15,8-16)14-19(17,18)11-6-9(2)4-5-10(11)13/h4-6,14-16H,3,7-8H2,1-2H3. The molecular weight excluding hydrogens is 273 g/mol. The summed E-state index contributed by atoms with van der Waals surface area (Å²) in [6, 6.07) is 3.72. The van der Waals surface area contributed by atoms with Crippen LogP contribution in [-0.2, 0) is 10.0 Å². The number of hydrogen-bond donors (Lipinski definition) is 3. The number of aryl methyl sites for hydroxylation is 1. The van der Waals surface area contributed by atoms with Crippen molar-refractivity contribution in [1.82, 2.24) is 4.72 Å². The van der Waals surface area contributed by atoms with E-state index >= 15 is 0 Å². The number of aliphatic hydroxyl groups excluding tert-OH is 2. The molecule has 108 valence electrons. The molecule has 1 aromatic carbocycles. The lowest BCUT2D eigenvalue weighted by atomic mass is 10.0. The van der Waals surface area contributed by atoms with Crippen LogP contribution in [0.1, 0.15) is 18.9 Å². The molecule has 0 aliphatic rings. The topological polar surface area (TPSA) is 86.6 Å². The molecule has 0 fully saturated rings. The van der Waals surface area contributed by atoms with E-state index in [0.717, 1.165) is 6.07 Å². The van der Waals surface area contributed by atoms with Crippen molar-refractivity contribution in [1.29, 1.82) is 0 Å². The van der Waals surface area contributed by atoms with Crippen molar-refractivity contribution < 1.29 is 23.0 Å². The number of nitrogens with one attached hydrogen (secondary N) is 1. The van der Waals surface area contributed by atoms with Crippen LogP contribution in [0.3, 0.4) is 0 Å². The van der Waals surface area contributed by atoms with Crippen molar-refractivity contribution in [3.63, 3.8) is 0 Å². The van der Waals surface area contributed by atoms with E-state index in [1.165, 1.54) is 12.1 Å². The van der Waals surface area contributed by atoms with Gasteiger partial charge in [-0.25, -0.2) is 17.5 Å². The third kappa shape index (κ3) is 3.50. The Morgan fingerprint density at radius 3 is 2.37 bits per heavy atom. The molecule has 3 N–H and O–H groups in total. The normalized spacial score (nSPS) is 12.7. The molecule has 0 spiro atoms. The van der Waals surface area contributed by atoms with E-state index in [1.54, 1.807) is 13.8 Å². The van der Waals surface area contributed by atoms with Crippen LogP contribution in [0.4, 0.5) is 4.39 Å². The number of sulfonamides is 1. The predicted octanol–water partition coefficient (Wildman–Crippen LogP) is 0.546. The molecule has 0 heterocycles. The van der Waals surface area contributed by atoms with Gasteiger partial charge >= 0.3 is 0 Å². The molecule has 0 amide bonds. The lowest BCUT2D eigenvalue weighted by molar-refractivity contribution is 0.105. The van der Waals surface area contributed by atoms with Crippen LogP contribution in [0, 0.1) is 12.7 Å². The first-order chi connectivity index (χ1) is 8.80. The van der Waals surface area contributed by atoms with Crippen LogP contribution in [0.5, 0.6) is 0 Å². The van der Waals surface area contributed by atoms with Crippen molar-refractivity contribution in [3.8, 4) is 0 Å². The minimum absolute atomic E-state index is 0.173. The van der Waals surface area contributed by atoms with E-state index in [4.69, 9.17) is 0 Å². The maximum atomic E-state index is 13.6. The zero-order valence-corrected chi connectivity index (χ0v) is 11.7. The molecule has 19 heavy (non-hydrogen) atoms. The summed E-state index contributed by atoms with van der Waals surface area (Å²) < 4.78 is 40.0. The number of hydrogen-bond acceptors (Lipinski definition) is 4. The second kappa shape index (κ2) is 5.96. The van der Waals surface area contributed by atoms with Crippen molar-refractivity contribution in [2.45, 2.75) is 30.7 Å². The minimum Gasteiger partial charge on any atom is -0.394 e. The fourth-order valence-corrected chi connectivity index (χ4v) is 3.19. The summed E-state index contributed by atoms with van der Waals surface area (Å²) in [4.78, 5) is -0.493. The second-order valence-corrected chi connectivity index (χ2v) is 6.14. The molecule has 1 rings (SSSR count). The molecule has 5 nitrogen and oxygen atoms in total. The molecule has 0 radical (unpaired) electrons. The third-order valence-electron chi connectivity index (χ3n) is 3.01. The van der Waals surface area contributed by atoms with Crippen molar-refractivity contribution in [2.75, 3.05) is 13.2 Å². The summed E-state index contributed by atoms with van der Waals surface area (Å²) in [6.07, 6.45) is 0.173. The highest BCUT2D eigenvalue weighted by molar-refractivity contribution is 7.89. The smallest absolute Gasteiger partial charge is 0.244 e. The Kier molecular flexibility index (Phi) is 5.03. The molecule has 0 atom stereocenters. The highest BCUT2D eigenvalue weighted by atomic mass is 32.2. The summed E-state index contributed by atoms with van der Waals surface area (Å²) in [5, 5.41) is 18.5. The molecule has 0 bridgehead atoms. The number of benzene rings is 1. The van der Waals surface area contributed by atoms with Gasteiger partial charge in [-0.3, -0.25) is 0 Å². The third-order valence-corrected chi connectivity index (χ3v) is 4.60. The fourth-order valence-electron chi connectivity index (χ4n) is 1.57. The monoisotopic (exact) mass is 291 g/mol. The van der Waals surface area contributed by atoms with Crippen LogP contribution in [0.2, 0.25) is 0 Å². The maximum Gasteiger partial charge on any atom is 0.244 e. The van der Waals surface area contributed by atoms with Crippen LogP contribution in [-0.4, -0.2) is 37.4 Å². The highest BCUT2D eigenvalue weighted by Crippen LogP contribution is 2.19. The van der Waals surface area contributed by atoms with Gasteiger partial charge in [0.05, 0.1) is 18.8 Å². The van der Waals surface area contributed by atoms with E-state index in [0.29, 0.717) is 5.56 Å². The summed E-state index contributed by atoms with van der Waals surface area (Å²) >= 11 is 0. The molecule has 0 saturated carbocycles. The van der Waals surface area contributed by atoms with E-state index in [1.807, 2.05) is 0 Å². The van der Waals surface area contributed by atoms with Crippen LogP contribution in [0.15, 0.2) is 23.1 Å². The first-order valence-electron chi connectivity index (χ1n) is 5.82. The van der Waals surface area contributed by atoms with Gasteiger partial charge in [0, 0.05) is 0 Å². The summed E-state index contributed by atoms with van der Waals surface area (Å²) in [7, 11) is -4.15. The zero-order valence-electron chi connectivity index (χ0n) is 10.9. The van der Waals surface area contributed by atoms with Gasteiger partial charge in [-0.15, -0.1) is 0 Å². The molecule has 0 aromatic heterocycles. The largest absolute Gasteiger partial charge is 0.394 e. The van der Waals surface area contributed by atoms with Crippen LogP contribution < -0.4 is 4.72 Å². The quantitative estimate of drug-likeness (QED) is 0.714. The van der Waals surface area contributed by atoms with Gasteiger partial charge in [-0.05, 0) is 31.0 Å². The van der Waals surface area contributed by atoms with Gasteiger partial charge < -0.3 is 10.2 Å². The first-order valence-corrected chi connectivity index (χ1v) is 7.30. The van der Waals surface area contributed by atoms with Gasteiger partial charge in [-0.2, -0.15) is 0 Å². The Balaban J connectivity index is 3.21. The zero-order chi connectivity index (χ0) is 14.7. The van der Waals surface area contributed by atoms with E-state index in [-0.39, 0.29) is 6.42 Å². The molecule has 1 aromatic rings. The maximum absolute atomic E-state index is 13.6. The Labute approximate surface area is 112 Å². The summed E-state index contributed by atoms with van der Waals surface area (Å²) in [6.45, 7) is 2.10. The van der Waals surface area contributed by atoms with Gasteiger partial charge in [0.15, 0.2) is 0 Å². The number of aliphatic hydroxyl groups is 2. The van der Waals surface area contributed by atoms with Gasteiger partial charge in [-0.1, -0.05) is 13.0 Å².